The molecular formula is C14H13F4N3O. The molecule has 0 saturated carbocycles. The van der Waals surface area contributed by atoms with Gasteiger partial charge in [-0.1, -0.05) is 0 Å². The molecule has 4 nitrogen and oxygen atoms in total. The number of halogens is 4. The van der Waals surface area contributed by atoms with Gasteiger partial charge in [0.25, 0.3) is 5.56 Å². The highest BCUT2D eigenvalue weighted by atomic mass is 19.4. The van der Waals surface area contributed by atoms with Gasteiger partial charge in [0.1, 0.15) is 5.82 Å². The first kappa shape index (κ1) is 16.0. The summed E-state index contributed by atoms with van der Waals surface area (Å²) < 4.78 is 51.1. The predicted molar refractivity (Wildman–Crippen MR) is 73.0 cm³/mol. The van der Waals surface area contributed by atoms with Crippen molar-refractivity contribution in [3.05, 3.63) is 58.0 Å². The average Bonchev–Trinajstić information content (AvgIpc) is 2.39. The second-order valence-electron chi connectivity index (χ2n) is 4.84. The van der Waals surface area contributed by atoms with Crippen molar-refractivity contribution in [2.45, 2.75) is 25.6 Å². The van der Waals surface area contributed by atoms with Crippen LogP contribution in [0, 0.1) is 5.82 Å². The lowest BCUT2D eigenvalue weighted by molar-refractivity contribution is -0.139. The first-order chi connectivity index (χ1) is 10.3. The third-order valence-electron chi connectivity index (χ3n) is 2.94. The van der Waals surface area contributed by atoms with Crippen LogP contribution < -0.4 is 10.9 Å². The summed E-state index contributed by atoms with van der Waals surface area (Å²) in [7, 11) is 0. The Kier molecular flexibility index (Phi) is 4.48. The number of rotatable bonds is 4. The highest BCUT2D eigenvalue weighted by Gasteiger charge is 2.34. The first-order valence-corrected chi connectivity index (χ1v) is 6.42. The zero-order valence-corrected chi connectivity index (χ0v) is 11.5. The van der Waals surface area contributed by atoms with Gasteiger partial charge in [0.2, 0.25) is 0 Å². The van der Waals surface area contributed by atoms with Gasteiger partial charge in [-0.15, -0.1) is 0 Å². The summed E-state index contributed by atoms with van der Waals surface area (Å²) >= 11 is 0. The van der Waals surface area contributed by atoms with Crippen LogP contribution in [0.15, 0.2) is 35.4 Å². The fourth-order valence-electron chi connectivity index (χ4n) is 2.00. The fraction of sp³-hybridized carbons (Fsp3) is 0.286. The van der Waals surface area contributed by atoms with E-state index < -0.39 is 17.6 Å². The smallest absolute Gasteiger partial charge is 0.382 e. The summed E-state index contributed by atoms with van der Waals surface area (Å²) in [5.74, 6) is -1.32. The van der Waals surface area contributed by atoms with E-state index in [4.69, 9.17) is 0 Å². The van der Waals surface area contributed by atoms with Gasteiger partial charge in [0.15, 0.2) is 0 Å². The molecule has 0 aliphatic carbocycles. The monoisotopic (exact) mass is 315 g/mol. The van der Waals surface area contributed by atoms with Crippen LogP contribution in [0.5, 0.6) is 0 Å². The maximum atomic E-state index is 13.2. The molecule has 2 aromatic rings. The molecule has 8 heteroatoms. The molecule has 0 bridgehead atoms. The number of hydrogen-bond acceptors (Lipinski definition) is 3. The molecule has 0 aliphatic heterocycles. The van der Waals surface area contributed by atoms with Crippen LogP contribution in [0.2, 0.25) is 0 Å². The standard InChI is InChI=1S/C14H13F4N3O/c1-8(4-10-6-13(22)20-7-19-10)21-9-2-3-12(15)11(5-9)14(16,17)18/h2-3,5-8,21H,4H2,1H3,(H,19,20,22). The van der Waals surface area contributed by atoms with Crippen LogP contribution in [0.1, 0.15) is 18.2 Å². The van der Waals surface area contributed by atoms with Crippen molar-refractivity contribution in [2.75, 3.05) is 5.32 Å². The van der Waals surface area contributed by atoms with Crippen molar-refractivity contribution in [2.24, 2.45) is 0 Å². The summed E-state index contributed by atoms with van der Waals surface area (Å²) in [5.41, 5.74) is -0.981. The Morgan fingerprint density at radius 1 is 1.32 bits per heavy atom. The summed E-state index contributed by atoms with van der Waals surface area (Å²) in [5, 5.41) is 2.83. The summed E-state index contributed by atoms with van der Waals surface area (Å²) in [6.07, 6.45) is -3.16. The molecule has 0 aliphatic rings. The number of hydrogen-bond donors (Lipinski definition) is 2. The Morgan fingerprint density at radius 3 is 2.68 bits per heavy atom. The quantitative estimate of drug-likeness (QED) is 0.853. The van der Waals surface area contributed by atoms with E-state index in [1.807, 2.05) is 0 Å². The molecule has 1 heterocycles. The molecular weight excluding hydrogens is 302 g/mol. The molecule has 118 valence electrons. The molecule has 0 fully saturated rings. The number of nitrogens with one attached hydrogen (secondary N) is 2. The summed E-state index contributed by atoms with van der Waals surface area (Å²) in [6.45, 7) is 1.72. The Bertz CT molecular complexity index is 712. The molecule has 0 amide bonds. The van der Waals surface area contributed by atoms with Gasteiger partial charge in [-0.25, -0.2) is 9.37 Å². The minimum absolute atomic E-state index is 0.145. The first-order valence-electron chi connectivity index (χ1n) is 6.42. The van der Waals surface area contributed by atoms with Crippen molar-refractivity contribution in [1.82, 2.24) is 9.97 Å². The van der Waals surface area contributed by atoms with Gasteiger partial charge in [0, 0.05) is 29.9 Å². The Balaban J connectivity index is 2.12. The van der Waals surface area contributed by atoms with Gasteiger partial charge in [-0.3, -0.25) is 4.79 Å². The number of benzene rings is 1. The van der Waals surface area contributed by atoms with Crippen LogP contribution in [0.3, 0.4) is 0 Å². The molecule has 22 heavy (non-hydrogen) atoms. The summed E-state index contributed by atoms with van der Waals surface area (Å²) in [4.78, 5) is 17.5. The molecule has 1 atom stereocenters. The zero-order chi connectivity index (χ0) is 16.3. The number of nitrogens with zero attached hydrogens (tertiary/aromatic N) is 1. The highest BCUT2D eigenvalue weighted by Crippen LogP contribution is 2.33. The number of H-pyrrole nitrogens is 1. The van der Waals surface area contributed by atoms with Crippen LogP contribution >= 0.6 is 0 Å². The largest absolute Gasteiger partial charge is 0.419 e. The fourth-order valence-corrected chi connectivity index (χ4v) is 2.00. The zero-order valence-electron chi connectivity index (χ0n) is 11.5. The minimum Gasteiger partial charge on any atom is -0.382 e. The predicted octanol–water partition coefficient (Wildman–Crippen LogP) is 2.97. The highest BCUT2D eigenvalue weighted by molar-refractivity contribution is 5.47. The van der Waals surface area contributed by atoms with E-state index in [9.17, 15) is 22.4 Å². The SMILES string of the molecule is CC(Cc1cc(=O)[nH]cn1)Nc1ccc(F)c(C(F)(F)F)c1. The van der Waals surface area contributed by atoms with Crippen LogP contribution in [-0.4, -0.2) is 16.0 Å². The van der Waals surface area contributed by atoms with E-state index in [0.717, 1.165) is 12.1 Å². The van der Waals surface area contributed by atoms with E-state index in [2.05, 4.69) is 15.3 Å². The van der Waals surface area contributed by atoms with Crippen molar-refractivity contribution in [3.63, 3.8) is 0 Å². The number of aromatic amines is 1. The lowest BCUT2D eigenvalue weighted by Gasteiger charge is -2.16. The number of anilines is 1. The van der Waals surface area contributed by atoms with Crippen molar-refractivity contribution >= 4 is 5.69 Å². The van der Waals surface area contributed by atoms with Gasteiger partial charge in [0.05, 0.1) is 11.9 Å². The van der Waals surface area contributed by atoms with Crippen LogP contribution in [0.25, 0.3) is 0 Å². The molecule has 0 radical (unpaired) electrons. The minimum atomic E-state index is -4.75. The molecule has 1 unspecified atom stereocenters. The van der Waals surface area contributed by atoms with Crippen molar-refractivity contribution in [1.29, 1.82) is 0 Å². The van der Waals surface area contributed by atoms with Crippen LogP contribution in [0.4, 0.5) is 23.2 Å². The molecule has 1 aromatic carbocycles. The van der Waals surface area contributed by atoms with Gasteiger partial charge in [-0.2, -0.15) is 13.2 Å². The van der Waals surface area contributed by atoms with E-state index in [1.165, 1.54) is 18.5 Å². The second-order valence-corrected chi connectivity index (χ2v) is 4.84. The molecule has 1 aromatic heterocycles. The van der Waals surface area contributed by atoms with Gasteiger partial charge < -0.3 is 10.3 Å². The van der Waals surface area contributed by atoms with Crippen LogP contribution in [-0.2, 0) is 12.6 Å². The lowest BCUT2D eigenvalue weighted by atomic mass is 10.1. The third-order valence-corrected chi connectivity index (χ3v) is 2.94. The Morgan fingerprint density at radius 2 is 2.05 bits per heavy atom. The van der Waals surface area contributed by atoms with E-state index in [-0.39, 0.29) is 17.3 Å². The Hall–Kier alpha value is -2.38. The average molecular weight is 315 g/mol. The number of alkyl halides is 3. The maximum Gasteiger partial charge on any atom is 0.419 e. The van der Waals surface area contributed by atoms with Crippen molar-refractivity contribution < 1.29 is 17.6 Å². The van der Waals surface area contributed by atoms with Crippen molar-refractivity contribution in [3.8, 4) is 0 Å². The molecule has 2 rings (SSSR count). The topological polar surface area (TPSA) is 57.8 Å². The van der Waals surface area contributed by atoms with Gasteiger partial charge in [-0.05, 0) is 25.1 Å². The lowest BCUT2D eigenvalue weighted by Crippen LogP contribution is -2.21. The molecule has 0 spiro atoms. The van der Waals surface area contributed by atoms with E-state index >= 15 is 0 Å². The molecule has 0 saturated heterocycles. The summed E-state index contributed by atoms with van der Waals surface area (Å²) in [6, 6.07) is 3.73. The number of aromatic nitrogens is 2. The van der Waals surface area contributed by atoms with Gasteiger partial charge >= 0.3 is 6.18 Å². The molecule has 2 N–H and O–H groups in total. The normalized spacial score (nSPS) is 13.0. The Labute approximate surface area is 123 Å². The van der Waals surface area contributed by atoms with E-state index in [0.29, 0.717) is 12.1 Å². The maximum absolute atomic E-state index is 13.2. The third kappa shape index (κ3) is 4.06. The second kappa shape index (κ2) is 6.17. The van der Waals surface area contributed by atoms with E-state index in [1.54, 1.807) is 6.92 Å².